The first-order valence-corrected chi connectivity index (χ1v) is 12.3. The van der Waals surface area contributed by atoms with E-state index >= 15 is 0 Å². The van der Waals surface area contributed by atoms with Crippen LogP contribution in [0.5, 0.6) is 0 Å². The van der Waals surface area contributed by atoms with E-state index in [-0.39, 0.29) is 18.0 Å². The molecule has 0 bridgehead atoms. The highest BCUT2D eigenvalue weighted by atomic mass is 35.5. The molecule has 0 spiro atoms. The lowest BCUT2D eigenvalue weighted by Crippen LogP contribution is -2.50. The Morgan fingerprint density at radius 2 is 1.69 bits per heavy atom. The van der Waals surface area contributed by atoms with Gasteiger partial charge in [0, 0.05) is 44.8 Å². The Balaban J connectivity index is 1.38. The summed E-state index contributed by atoms with van der Waals surface area (Å²) < 4.78 is 12.8. The van der Waals surface area contributed by atoms with Crippen molar-refractivity contribution in [1.82, 2.24) is 19.6 Å². The summed E-state index contributed by atoms with van der Waals surface area (Å²) in [6.45, 7) is 5.77. The van der Waals surface area contributed by atoms with Crippen molar-refractivity contribution in [1.29, 1.82) is 0 Å². The first kappa shape index (κ1) is 25.9. The predicted octanol–water partition coefficient (Wildman–Crippen LogP) is 3.88. The number of piperazine rings is 1. The Morgan fingerprint density at radius 1 is 1.03 bits per heavy atom. The lowest BCUT2D eigenvalue weighted by molar-refractivity contribution is 0.00329. The number of ether oxygens (including phenoxy) is 2. The Morgan fingerprint density at radius 3 is 2.28 bits per heavy atom. The van der Waals surface area contributed by atoms with Gasteiger partial charge in [0.1, 0.15) is 5.69 Å². The van der Waals surface area contributed by atoms with Crippen LogP contribution in [0.4, 0.5) is 0 Å². The predicted molar refractivity (Wildman–Crippen MR) is 137 cm³/mol. The zero-order valence-corrected chi connectivity index (χ0v) is 21.6. The van der Waals surface area contributed by atoms with Gasteiger partial charge in [-0.15, -0.1) is 0 Å². The van der Waals surface area contributed by atoms with Crippen LogP contribution in [0.25, 0.3) is 0 Å². The second kappa shape index (κ2) is 11.7. The van der Waals surface area contributed by atoms with Crippen molar-refractivity contribution < 1.29 is 19.1 Å². The van der Waals surface area contributed by atoms with Crippen LogP contribution in [0.2, 0.25) is 5.02 Å². The summed E-state index contributed by atoms with van der Waals surface area (Å²) in [5.41, 5.74) is 3.95. The van der Waals surface area contributed by atoms with Crippen molar-refractivity contribution in [3.8, 4) is 0 Å². The van der Waals surface area contributed by atoms with Crippen LogP contribution in [0.15, 0.2) is 54.6 Å². The minimum absolute atomic E-state index is 0.0126. The summed E-state index contributed by atoms with van der Waals surface area (Å²) in [5, 5.41) is 4.97. The number of benzene rings is 2. The fourth-order valence-corrected chi connectivity index (χ4v) is 4.45. The minimum atomic E-state index is -0.363. The average Bonchev–Trinajstić information content (AvgIpc) is 3.24. The average molecular weight is 511 g/mol. The molecule has 1 saturated heterocycles. The molecule has 1 unspecified atom stereocenters. The third-order valence-corrected chi connectivity index (χ3v) is 6.62. The van der Waals surface area contributed by atoms with Crippen molar-refractivity contribution in [3.05, 3.63) is 87.7 Å². The van der Waals surface area contributed by atoms with Crippen LogP contribution < -0.4 is 0 Å². The van der Waals surface area contributed by atoms with Gasteiger partial charge in [-0.25, -0.2) is 4.79 Å². The lowest BCUT2D eigenvalue weighted by atomic mass is 10.1. The van der Waals surface area contributed by atoms with Crippen LogP contribution in [-0.2, 0) is 23.1 Å². The number of methoxy groups -OCH3 is 1. The van der Waals surface area contributed by atoms with Gasteiger partial charge in [0.25, 0.3) is 5.91 Å². The van der Waals surface area contributed by atoms with Gasteiger partial charge in [-0.3, -0.25) is 14.4 Å². The molecule has 0 aliphatic carbocycles. The summed E-state index contributed by atoms with van der Waals surface area (Å²) in [6, 6.07) is 16.7. The second-order valence-corrected chi connectivity index (χ2v) is 9.36. The van der Waals surface area contributed by atoms with Gasteiger partial charge < -0.3 is 14.4 Å². The monoisotopic (exact) mass is 510 g/mol. The minimum Gasteiger partial charge on any atom is -0.465 e. The first-order valence-electron chi connectivity index (χ1n) is 11.9. The Kier molecular flexibility index (Phi) is 8.40. The maximum absolute atomic E-state index is 12.9. The van der Waals surface area contributed by atoms with E-state index in [9.17, 15) is 9.59 Å². The molecule has 0 saturated carbocycles. The molecule has 36 heavy (non-hydrogen) atoms. The molecule has 1 aliphatic rings. The summed E-state index contributed by atoms with van der Waals surface area (Å²) in [6.07, 6.45) is -0.176. The van der Waals surface area contributed by atoms with Crippen LogP contribution in [0.1, 0.15) is 43.8 Å². The molecule has 0 radical (unpaired) electrons. The second-order valence-electron chi connectivity index (χ2n) is 8.93. The molecule has 9 heteroatoms. The van der Waals surface area contributed by atoms with E-state index in [0.29, 0.717) is 42.5 Å². The van der Waals surface area contributed by atoms with Gasteiger partial charge in [0.05, 0.1) is 31.1 Å². The standard InChI is InChI=1S/C27H31ClN4O4/c1-19-16-24(30(2)29-19)26(33)32-14-12-31(13-15-32)17-25(21-8-10-23(28)11-9-21)36-18-20-4-6-22(7-5-20)27(34)35-3/h4-11,16,25H,12-15,17-18H2,1-3H3. The number of aryl methyl sites for hydroxylation is 2. The summed E-state index contributed by atoms with van der Waals surface area (Å²) in [5.74, 6) is -0.351. The fraction of sp³-hybridized carbons (Fsp3) is 0.370. The highest BCUT2D eigenvalue weighted by Crippen LogP contribution is 2.24. The largest absolute Gasteiger partial charge is 0.465 e. The molecule has 190 valence electrons. The molecule has 3 aromatic rings. The topological polar surface area (TPSA) is 76.9 Å². The van der Waals surface area contributed by atoms with Crippen molar-refractivity contribution >= 4 is 23.5 Å². The Bertz CT molecular complexity index is 1190. The molecule has 1 aromatic heterocycles. The van der Waals surface area contributed by atoms with Crippen molar-refractivity contribution in [3.63, 3.8) is 0 Å². The molecule has 0 N–H and O–H groups in total. The number of aromatic nitrogens is 2. The normalized spacial score (nSPS) is 15.1. The molecule has 2 heterocycles. The number of nitrogens with zero attached hydrogens (tertiary/aromatic N) is 4. The molecule has 1 amide bonds. The van der Waals surface area contributed by atoms with E-state index in [4.69, 9.17) is 21.1 Å². The Hall–Kier alpha value is -3.20. The number of carbonyl (C=O) groups excluding carboxylic acids is 2. The number of amides is 1. The van der Waals surface area contributed by atoms with E-state index in [1.165, 1.54) is 7.11 Å². The zero-order valence-electron chi connectivity index (χ0n) is 20.8. The number of carbonyl (C=O) groups is 2. The molecular weight excluding hydrogens is 480 g/mol. The smallest absolute Gasteiger partial charge is 0.337 e. The van der Waals surface area contributed by atoms with E-state index < -0.39 is 0 Å². The maximum atomic E-state index is 12.9. The van der Waals surface area contributed by atoms with E-state index in [1.807, 2.05) is 54.3 Å². The number of rotatable bonds is 8. The number of halogens is 1. The van der Waals surface area contributed by atoms with Crippen molar-refractivity contribution in [2.24, 2.45) is 7.05 Å². The van der Waals surface area contributed by atoms with Crippen LogP contribution in [-0.4, -0.2) is 71.3 Å². The number of hydrogen-bond acceptors (Lipinski definition) is 6. The molecule has 4 rings (SSSR count). The third-order valence-electron chi connectivity index (χ3n) is 6.37. The van der Waals surface area contributed by atoms with Gasteiger partial charge >= 0.3 is 5.97 Å². The van der Waals surface area contributed by atoms with Crippen LogP contribution >= 0.6 is 11.6 Å². The molecular formula is C27H31ClN4O4. The van der Waals surface area contributed by atoms with E-state index in [0.717, 1.165) is 29.9 Å². The number of hydrogen-bond donors (Lipinski definition) is 0. The lowest BCUT2D eigenvalue weighted by Gasteiger charge is -2.36. The van der Waals surface area contributed by atoms with Gasteiger partial charge in [-0.2, -0.15) is 5.10 Å². The third kappa shape index (κ3) is 6.32. The SMILES string of the molecule is COC(=O)c1ccc(COC(CN2CCN(C(=O)c3cc(C)nn3C)CC2)c2ccc(Cl)cc2)cc1. The van der Waals surface area contributed by atoms with E-state index in [1.54, 1.807) is 23.9 Å². The van der Waals surface area contributed by atoms with Gasteiger partial charge in [-0.05, 0) is 48.4 Å². The summed E-state index contributed by atoms with van der Waals surface area (Å²) in [7, 11) is 3.17. The van der Waals surface area contributed by atoms with Crippen molar-refractivity contribution in [2.75, 3.05) is 39.8 Å². The van der Waals surface area contributed by atoms with Crippen LogP contribution in [0.3, 0.4) is 0 Å². The highest BCUT2D eigenvalue weighted by Gasteiger charge is 2.26. The molecule has 8 nitrogen and oxygen atoms in total. The van der Waals surface area contributed by atoms with Gasteiger partial charge in [0.15, 0.2) is 0 Å². The maximum Gasteiger partial charge on any atom is 0.337 e. The molecule has 1 aliphatic heterocycles. The molecule has 2 aromatic carbocycles. The van der Waals surface area contributed by atoms with Gasteiger partial charge in [0.2, 0.25) is 0 Å². The fourth-order valence-electron chi connectivity index (χ4n) is 4.32. The molecule has 1 fully saturated rings. The summed E-state index contributed by atoms with van der Waals surface area (Å²) in [4.78, 5) is 28.8. The summed E-state index contributed by atoms with van der Waals surface area (Å²) >= 11 is 6.11. The quantitative estimate of drug-likeness (QED) is 0.428. The number of esters is 1. The van der Waals surface area contributed by atoms with Crippen molar-refractivity contribution in [2.45, 2.75) is 19.6 Å². The van der Waals surface area contributed by atoms with Gasteiger partial charge in [-0.1, -0.05) is 35.9 Å². The highest BCUT2D eigenvalue weighted by molar-refractivity contribution is 6.30. The molecule has 1 atom stereocenters. The zero-order chi connectivity index (χ0) is 25.7. The van der Waals surface area contributed by atoms with E-state index in [2.05, 4.69) is 10.00 Å². The van der Waals surface area contributed by atoms with Crippen LogP contribution in [0, 0.1) is 6.92 Å². The Labute approximate surface area is 216 Å². The first-order chi connectivity index (χ1) is 17.3.